The molecule has 0 saturated heterocycles. The molecule has 0 atom stereocenters. The van der Waals surface area contributed by atoms with Crippen LogP contribution in [0.3, 0.4) is 0 Å². The molecule has 0 saturated carbocycles. The fraction of sp³-hybridized carbons (Fsp3) is 1.00. The molecule has 0 aromatic carbocycles. The summed E-state index contributed by atoms with van der Waals surface area (Å²) in [6.07, 6.45) is 0. The summed E-state index contributed by atoms with van der Waals surface area (Å²) < 4.78 is 4.32. The molecule has 0 unspecified atom stereocenters. The molecular weight excluding hydrogens is 116 g/mol. The molecule has 0 aromatic rings. The predicted octanol–water partition coefficient (Wildman–Crippen LogP) is 0.165. The molecule has 58 valence electrons. The Labute approximate surface area is 57.6 Å². The van der Waals surface area contributed by atoms with E-state index in [-0.39, 0.29) is 0 Å². The lowest BCUT2D eigenvalue weighted by Crippen LogP contribution is -2.09. The van der Waals surface area contributed by atoms with Crippen LogP contribution in [-0.4, -0.2) is 26.9 Å². The first kappa shape index (κ1) is 11.6. The van der Waals surface area contributed by atoms with E-state index in [9.17, 15) is 0 Å². The highest BCUT2D eigenvalue weighted by Gasteiger charge is 1.62. The normalized spacial score (nSPS) is 8.00. The van der Waals surface area contributed by atoms with Crippen molar-refractivity contribution in [1.82, 2.24) is 5.32 Å². The molecule has 0 spiro atoms. The molecular formula is C6H18N2O. The van der Waals surface area contributed by atoms with Crippen molar-refractivity contribution in [3.63, 3.8) is 0 Å². The molecule has 0 amide bonds. The number of rotatable bonds is 3. The van der Waals surface area contributed by atoms with E-state index in [4.69, 9.17) is 5.73 Å². The minimum absolute atomic E-state index is 0.319. The predicted molar refractivity (Wildman–Crippen MR) is 40.3 cm³/mol. The summed E-state index contributed by atoms with van der Waals surface area (Å²) in [5.74, 6) is 0. The maximum Gasteiger partial charge on any atom is 0.0936 e. The van der Waals surface area contributed by atoms with Gasteiger partial charge < -0.3 is 15.8 Å². The van der Waals surface area contributed by atoms with Crippen LogP contribution in [0.15, 0.2) is 0 Å². The van der Waals surface area contributed by atoms with Gasteiger partial charge >= 0.3 is 0 Å². The van der Waals surface area contributed by atoms with Gasteiger partial charge in [-0.3, -0.25) is 0 Å². The molecule has 3 nitrogen and oxygen atoms in total. The number of hydrogen-bond acceptors (Lipinski definition) is 3. The fourth-order valence-electron chi connectivity index (χ4n) is 0.250. The smallest absolute Gasteiger partial charge is 0.0936 e. The number of nitrogens with one attached hydrogen (secondary N) is 1. The van der Waals surface area contributed by atoms with Crippen LogP contribution in [-0.2, 0) is 4.74 Å². The zero-order valence-electron chi connectivity index (χ0n) is 6.61. The molecule has 0 bridgehead atoms. The Kier molecular flexibility index (Phi) is 20.3. The number of ether oxygens (including phenoxy) is 1. The molecule has 0 radical (unpaired) electrons. The highest BCUT2D eigenvalue weighted by atomic mass is 16.5. The van der Waals surface area contributed by atoms with E-state index in [1.807, 2.05) is 0 Å². The summed E-state index contributed by atoms with van der Waals surface area (Å²) in [5.41, 5.74) is 4.81. The van der Waals surface area contributed by atoms with Crippen molar-refractivity contribution in [2.24, 2.45) is 5.73 Å². The number of hydrogen-bond donors (Lipinski definition) is 2. The Hall–Kier alpha value is -0.120. The van der Waals surface area contributed by atoms with Crippen molar-refractivity contribution in [3.8, 4) is 0 Å². The van der Waals surface area contributed by atoms with Crippen LogP contribution in [0.2, 0.25) is 0 Å². The molecule has 0 aliphatic heterocycles. The highest BCUT2D eigenvalue weighted by molar-refractivity contribution is 4.27. The summed E-state index contributed by atoms with van der Waals surface area (Å²) in [6, 6.07) is 0. The summed E-state index contributed by atoms with van der Waals surface area (Å²) in [7, 11) is 1.56. The molecule has 0 rings (SSSR count). The Balaban J connectivity index is 0. The first-order chi connectivity index (χ1) is 4.33. The van der Waals surface area contributed by atoms with Gasteiger partial charge in [-0.15, -0.1) is 0 Å². The Morgan fingerprint density at radius 2 is 1.67 bits per heavy atom. The third-order valence-corrected chi connectivity index (χ3v) is 0.667. The lowest BCUT2D eigenvalue weighted by Gasteiger charge is -1.86. The molecule has 3 heteroatoms. The second-order valence-corrected chi connectivity index (χ2v) is 1.41. The van der Waals surface area contributed by atoms with Crippen molar-refractivity contribution < 1.29 is 4.74 Å². The highest BCUT2D eigenvalue weighted by Crippen LogP contribution is 1.47. The maximum absolute atomic E-state index is 4.81. The average molecular weight is 134 g/mol. The van der Waals surface area contributed by atoms with Crippen LogP contribution in [0.1, 0.15) is 13.8 Å². The van der Waals surface area contributed by atoms with Crippen LogP contribution in [0.5, 0.6) is 0 Å². The zero-order chi connectivity index (χ0) is 7.54. The summed E-state index contributed by atoms with van der Waals surface area (Å²) in [5, 5.41) is 3.11. The molecule has 0 aromatic heterocycles. The van der Waals surface area contributed by atoms with Crippen LogP contribution < -0.4 is 11.1 Å². The minimum atomic E-state index is 0.319. The van der Waals surface area contributed by atoms with Gasteiger partial charge in [0.15, 0.2) is 0 Å². The van der Waals surface area contributed by atoms with Crippen LogP contribution in [0.25, 0.3) is 0 Å². The van der Waals surface area contributed by atoms with Gasteiger partial charge in [0.2, 0.25) is 0 Å². The van der Waals surface area contributed by atoms with Gasteiger partial charge in [-0.2, -0.15) is 0 Å². The standard InChI is InChI=1S/C4H11N.C2H7NO/c1-3-5-4-2;1-4-2-3/h5H,3-4H2,1-2H3;2-3H2,1H3. The van der Waals surface area contributed by atoms with Crippen molar-refractivity contribution in [1.29, 1.82) is 0 Å². The second-order valence-electron chi connectivity index (χ2n) is 1.41. The molecule has 0 aliphatic carbocycles. The maximum atomic E-state index is 4.81. The minimum Gasteiger partial charge on any atom is -0.370 e. The average Bonchev–Trinajstić information content (AvgIpc) is 1.91. The van der Waals surface area contributed by atoms with Crippen LogP contribution in [0.4, 0.5) is 0 Å². The second kappa shape index (κ2) is 15.7. The van der Waals surface area contributed by atoms with Gasteiger partial charge in [-0.1, -0.05) is 13.8 Å². The van der Waals surface area contributed by atoms with Gasteiger partial charge in [0, 0.05) is 7.11 Å². The number of nitrogens with two attached hydrogens (primary N) is 1. The summed E-state index contributed by atoms with van der Waals surface area (Å²) in [4.78, 5) is 0. The Bertz CT molecular complexity index is 30.2. The van der Waals surface area contributed by atoms with Gasteiger partial charge in [-0.05, 0) is 13.1 Å². The first-order valence-corrected chi connectivity index (χ1v) is 3.23. The van der Waals surface area contributed by atoms with E-state index in [0.29, 0.717) is 6.73 Å². The third kappa shape index (κ3) is 32.8. The monoisotopic (exact) mass is 134 g/mol. The number of methoxy groups -OCH3 is 1. The van der Waals surface area contributed by atoms with E-state index >= 15 is 0 Å². The van der Waals surface area contributed by atoms with Crippen molar-refractivity contribution in [2.75, 3.05) is 26.9 Å². The van der Waals surface area contributed by atoms with Gasteiger partial charge in [0.25, 0.3) is 0 Å². The van der Waals surface area contributed by atoms with Gasteiger partial charge in [0.05, 0.1) is 6.73 Å². The van der Waals surface area contributed by atoms with Crippen LogP contribution in [0, 0.1) is 0 Å². The SMILES string of the molecule is CCNCC.COCN. The third-order valence-electron chi connectivity index (χ3n) is 0.667. The summed E-state index contributed by atoms with van der Waals surface area (Å²) >= 11 is 0. The van der Waals surface area contributed by atoms with E-state index in [2.05, 4.69) is 23.9 Å². The quantitative estimate of drug-likeness (QED) is 0.541. The summed E-state index contributed by atoms with van der Waals surface area (Å²) in [6.45, 7) is 6.71. The lowest BCUT2D eigenvalue weighted by molar-refractivity contribution is 0.207. The molecule has 0 fully saturated rings. The van der Waals surface area contributed by atoms with Gasteiger partial charge in [-0.25, -0.2) is 0 Å². The first-order valence-electron chi connectivity index (χ1n) is 3.23. The molecule has 0 aliphatic rings. The zero-order valence-corrected chi connectivity index (χ0v) is 6.61. The van der Waals surface area contributed by atoms with E-state index < -0.39 is 0 Å². The van der Waals surface area contributed by atoms with Gasteiger partial charge in [0.1, 0.15) is 0 Å². The topological polar surface area (TPSA) is 47.3 Å². The Morgan fingerprint density at radius 3 is 1.67 bits per heavy atom. The fourth-order valence-corrected chi connectivity index (χ4v) is 0.250. The van der Waals surface area contributed by atoms with E-state index in [1.165, 1.54) is 0 Å². The Morgan fingerprint density at radius 1 is 1.33 bits per heavy atom. The molecule has 9 heavy (non-hydrogen) atoms. The van der Waals surface area contributed by atoms with E-state index in [0.717, 1.165) is 13.1 Å². The largest absolute Gasteiger partial charge is 0.370 e. The van der Waals surface area contributed by atoms with Crippen molar-refractivity contribution in [3.05, 3.63) is 0 Å². The van der Waals surface area contributed by atoms with Crippen LogP contribution >= 0.6 is 0 Å². The van der Waals surface area contributed by atoms with Crippen molar-refractivity contribution >= 4 is 0 Å². The molecule has 3 N–H and O–H groups in total. The molecule has 0 heterocycles. The lowest BCUT2D eigenvalue weighted by atomic mass is 10.7. The van der Waals surface area contributed by atoms with E-state index in [1.54, 1.807) is 7.11 Å². The van der Waals surface area contributed by atoms with Crippen molar-refractivity contribution in [2.45, 2.75) is 13.8 Å².